The summed E-state index contributed by atoms with van der Waals surface area (Å²) >= 11 is 0. The number of carboxylic acid groups (broad SMARTS) is 1. The lowest BCUT2D eigenvalue weighted by atomic mass is 9.71. The van der Waals surface area contributed by atoms with Crippen molar-refractivity contribution in [2.75, 3.05) is 0 Å². The summed E-state index contributed by atoms with van der Waals surface area (Å²) in [6.45, 7) is 2.08. The van der Waals surface area contributed by atoms with Crippen LogP contribution in [0.2, 0.25) is 0 Å². The van der Waals surface area contributed by atoms with Crippen molar-refractivity contribution in [2.24, 2.45) is 18.9 Å². The van der Waals surface area contributed by atoms with E-state index in [-0.39, 0.29) is 5.92 Å². The summed E-state index contributed by atoms with van der Waals surface area (Å²) in [5.74, 6) is -0.480. The topological polar surface area (TPSA) is 55.1 Å². The molecule has 4 heteroatoms. The first-order chi connectivity index (χ1) is 7.61. The average Bonchev–Trinajstić information content (AvgIpc) is 2.53. The molecule has 1 aromatic heterocycles. The molecule has 2 rings (SSSR count). The molecule has 1 aliphatic carbocycles. The maximum absolute atomic E-state index is 10.9. The number of rotatable bonds is 4. The molecule has 0 spiro atoms. The maximum atomic E-state index is 10.9. The van der Waals surface area contributed by atoms with E-state index in [4.69, 9.17) is 5.11 Å². The van der Waals surface area contributed by atoms with E-state index in [1.807, 2.05) is 11.7 Å². The number of aryl methyl sites for hydroxylation is 2. The first kappa shape index (κ1) is 11.2. The van der Waals surface area contributed by atoms with Crippen LogP contribution >= 0.6 is 0 Å². The molecule has 2 atom stereocenters. The third-order valence-electron chi connectivity index (χ3n) is 3.60. The molecular formula is C12H18N2O2. The van der Waals surface area contributed by atoms with Crippen molar-refractivity contribution in [3.8, 4) is 0 Å². The quantitative estimate of drug-likeness (QED) is 0.842. The van der Waals surface area contributed by atoms with Gasteiger partial charge in [-0.3, -0.25) is 9.48 Å². The van der Waals surface area contributed by atoms with Gasteiger partial charge in [0.2, 0.25) is 0 Å². The molecule has 0 aliphatic heterocycles. The molecule has 2 unspecified atom stereocenters. The zero-order valence-corrected chi connectivity index (χ0v) is 9.81. The molecule has 0 aromatic carbocycles. The Kier molecular flexibility index (Phi) is 2.99. The number of hydrogen-bond donors (Lipinski definition) is 1. The highest BCUT2D eigenvalue weighted by Gasteiger charge is 2.36. The van der Waals surface area contributed by atoms with Crippen molar-refractivity contribution < 1.29 is 9.90 Å². The summed E-state index contributed by atoms with van der Waals surface area (Å²) in [4.78, 5) is 10.9. The molecule has 1 heterocycles. The van der Waals surface area contributed by atoms with Crippen LogP contribution in [0.25, 0.3) is 0 Å². The summed E-state index contributed by atoms with van der Waals surface area (Å²) in [5, 5.41) is 13.4. The van der Waals surface area contributed by atoms with Gasteiger partial charge in [0.15, 0.2) is 0 Å². The zero-order valence-electron chi connectivity index (χ0n) is 9.81. The van der Waals surface area contributed by atoms with Crippen molar-refractivity contribution >= 4 is 5.97 Å². The van der Waals surface area contributed by atoms with Crippen molar-refractivity contribution in [3.05, 3.63) is 17.5 Å². The average molecular weight is 222 g/mol. The van der Waals surface area contributed by atoms with Crippen molar-refractivity contribution in [2.45, 2.75) is 32.6 Å². The molecule has 16 heavy (non-hydrogen) atoms. The molecule has 0 saturated heterocycles. The minimum atomic E-state index is -0.644. The van der Waals surface area contributed by atoms with Gasteiger partial charge in [-0.2, -0.15) is 5.10 Å². The fraction of sp³-hybridized carbons (Fsp3) is 0.667. The number of hydrogen-bond acceptors (Lipinski definition) is 2. The van der Waals surface area contributed by atoms with Gasteiger partial charge < -0.3 is 5.11 Å². The minimum absolute atomic E-state index is 0.139. The number of carboxylic acids is 1. The van der Waals surface area contributed by atoms with E-state index in [0.29, 0.717) is 5.92 Å². The SMILES string of the molecule is CCc1cc(CC2CCC2C(=O)O)n(C)n1. The van der Waals surface area contributed by atoms with Crippen LogP contribution in [-0.2, 0) is 24.7 Å². The Morgan fingerprint density at radius 1 is 1.62 bits per heavy atom. The smallest absolute Gasteiger partial charge is 0.306 e. The predicted molar refractivity (Wildman–Crippen MR) is 60.1 cm³/mol. The Balaban J connectivity index is 2.03. The molecule has 1 fully saturated rings. The van der Waals surface area contributed by atoms with Crippen LogP contribution in [0, 0.1) is 11.8 Å². The zero-order chi connectivity index (χ0) is 11.7. The molecule has 4 nitrogen and oxygen atoms in total. The van der Waals surface area contributed by atoms with Crippen molar-refractivity contribution in [1.82, 2.24) is 9.78 Å². The minimum Gasteiger partial charge on any atom is -0.481 e. The van der Waals surface area contributed by atoms with Crippen molar-refractivity contribution in [3.63, 3.8) is 0 Å². The van der Waals surface area contributed by atoms with Gasteiger partial charge in [0.25, 0.3) is 0 Å². The van der Waals surface area contributed by atoms with E-state index in [9.17, 15) is 4.79 Å². The monoisotopic (exact) mass is 222 g/mol. The van der Waals surface area contributed by atoms with Crippen LogP contribution < -0.4 is 0 Å². The van der Waals surface area contributed by atoms with Crippen LogP contribution in [0.5, 0.6) is 0 Å². The van der Waals surface area contributed by atoms with Gasteiger partial charge in [-0.1, -0.05) is 6.92 Å². The van der Waals surface area contributed by atoms with Crippen molar-refractivity contribution in [1.29, 1.82) is 0 Å². The van der Waals surface area contributed by atoms with Crippen LogP contribution in [0.1, 0.15) is 31.2 Å². The number of carbonyl (C=O) groups is 1. The molecule has 0 amide bonds. The van der Waals surface area contributed by atoms with Gasteiger partial charge in [0.1, 0.15) is 0 Å². The summed E-state index contributed by atoms with van der Waals surface area (Å²) < 4.78 is 1.88. The Bertz CT molecular complexity index is 398. The predicted octanol–water partition coefficient (Wildman–Crippen LogP) is 1.64. The molecular weight excluding hydrogens is 204 g/mol. The Morgan fingerprint density at radius 2 is 2.38 bits per heavy atom. The van der Waals surface area contributed by atoms with Crippen LogP contribution in [0.4, 0.5) is 0 Å². The number of nitrogens with zero attached hydrogens (tertiary/aromatic N) is 2. The third kappa shape index (κ3) is 1.96. The van der Waals surface area contributed by atoms with E-state index >= 15 is 0 Å². The fourth-order valence-corrected chi connectivity index (χ4v) is 2.34. The second-order valence-corrected chi connectivity index (χ2v) is 4.59. The van der Waals surface area contributed by atoms with Gasteiger partial charge in [-0.05, 0) is 37.7 Å². The third-order valence-corrected chi connectivity index (χ3v) is 3.60. The van der Waals surface area contributed by atoms with E-state index < -0.39 is 5.97 Å². The largest absolute Gasteiger partial charge is 0.481 e. The first-order valence-corrected chi connectivity index (χ1v) is 5.86. The first-order valence-electron chi connectivity index (χ1n) is 5.86. The standard InChI is InChI=1S/C12H18N2O2/c1-3-9-7-10(14(2)13-9)6-8-4-5-11(8)12(15)16/h7-8,11H,3-6H2,1-2H3,(H,15,16). The number of aliphatic carboxylic acids is 1. The lowest BCUT2D eigenvalue weighted by Crippen LogP contribution is -2.34. The van der Waals surface area contributed by atoms with Gasteiger partial charge in [0.05, 0.1) is 11.6 Å². The Labute approximate surface area is 95.3 Å². The highest BCUT2D eigenvalue weighted by Crippen LogP contribution is 2.36. The van der Waals surface area contributed by atoms with Gasteiger partial charge >= 0.3 is 5.97 Å². The van der Waals surface area contributed by atoms with E-state index in [1.54, 1.807) is 0 Å². The highest BCUT2D eigenvalue weighted by molar-refractivity contribution is 5.71. The summed E-state index contributed by atoms with van der Waals surface area (Å²) in [7, 11) is 1.93. The van der Waals surface area contributed by atoms with Crippen LogP contribution in [-0.4, -0.2) is 20.9 Å². The van der Waals surface area contributed by atoms with Gasteiger partial charge in [0, 0.05) is 12.7 Å². The summed E-state index contributed by atoms with van der Waals surface area (Å²) in [5.41, 5.74) is 2.25. The maximum Gasteiger partial charge on any atom is 0.306 e. The normalized spacial score (nSPS) is 24.1. The van der Waals surface area contributed by atoms with Gasteiger partial charge in [-0.15, -0.1) is 0 Å². The Hall–Kier alpha value is -1.32. The van der Waals surface area contributed by atoms with Crippen LogP contribution in [0.3, 0.4) is 0 Å². The molecule has 0 bridgehead atoms. The van der Waals surface area contributed by atoms with E-state index in [2.05, 4.69) is 18.1 Å². The number of aromatic nitrogens is 2. The van der Waals surface area contributed by atoms with E-state index in [0.717, 1.165) is 37.1 Å². The fourth-order valence-electron chi connectivity index (χ4n) is 2.34. The lowest BCUT2D eigenvalue weighted by Gasteiger charge is -2.33. The highest BCUT2D eigenvalue weighted by atomic mass is 16.4. The molecule has 1 saturated carbocycles. The van der Waals surface area contributed by atoms with Crippen LogP contribution in [0.15, 0.2) is 6.07 Å². The van der Waals surface area contributed by atoms with E-state index in [1.165, 1.54) is 0 Å². The second kappa shape index (κ2) is 4.28. The van der Waals surface area contributed by atoms with Gasteiger partial charge in [-0.25, -0.2) is 0 Å². The molecule has 1 aliphatic rings. The lowest BCUT2D eigenvalue weighted by molar-refractivity contribution is -0.147. The molecule has 88 valence electrons. The summed E-state index contributed by atoms with van der Waals surface area (Å²) in [6, 6.07) is 2.09. The Morgan fingerprint density at radius 3 is 2.81 bits per heavy atom. The molecule has 0 radical (unpaired) electrons. The molecule has 1 N–H and O–H groups in total. The summed E-state index contributed by atoms with van der Waals surface area (Å²) in [6.07, 6.45) is 3.64. The second-order valence-electron chi connectivity index (χ2n) is 4.59. The molecule has 1 aromatic rings.